The number of likely N-dealkylation sites (N-methyl/N-ethyl adjacent to an activating group) is 1. The number of aromatic nitrogens is 4. The summed E-state index contributed by atoms with van der Waals surface area (Å²) in [5, 5.41) is 9.49. The lowest BCUT2D eigenvalue weighted by Crippen LogP contribution is -2.59. The number of carbonyl (C=O) groups is 2. The van der Waals surface area contributed by atoms with Crippen molar-refractivity contribution in [1.82, 2.24) is 30.3 Å². The summed E-state index contributed by atoms with van der Waals surface area (Å²) in [5.41, 5.74) is 12.3. The van der Waals surface area contributed by atoms with Crippen molar-refractivity contribution in [2.24, 2.45) is 17.4 Å². The number of nitrogens with one attached hydrogen (secondary N) is 3. The van der Waals surface area contributed by atoms with Crippen LogP contribution in [-0.4, -0.2) is 89.1 Å². The van der Waals surface area contributed by atoms with E-state index in [1.54, 1.807) is 32.4 Å². The predicted octanol–water partition coefficient (Wildman–Crippen LogP) is 1.32. The second-order valence-corrected chi connectivity index (χ2v) is 10.7. The number of nitrogens with two attached hydrogens (primary N) is 2. The third-order valence-corrected chi connectivity index (χ3v) is 8.33. The number of hydrogen-bond donors (Lipinski definition) is 5. The lowest BCUT2D eigenvalue weighted by Gasteiger charge is -2.40. The third-order valence-electron chi connectivity index (χ3n) is 8.33. The van der Waals surface area contributed by atoms with E-state index in [9.17, 15) is 14.0 Å². The molecule has 2 fully saturated rings. The summed E-state index contributed by atoms with van der Waals surface area (Å²) in [6.45, 7) is 2.95. The van der Waals surface area contributed by atoms with Gasteiger partial charge in [-0.15, -0.1) is 0 Å². The molecule has 4 heterocycles. The Kier molecular flexibility index (Phi) is 8.66. The highest BCUT2D eigenvalue weighted by Crippen LogP contribution is 2.29. The average Bonchev–Trinajstić information content (AvgIpc) is 3.52. The molecule has 2 aliphatic heterocycles. The van der Waals surface area contributed by atoms with Crippen LogP contribution in [0.2, 0.25) is 0 Å². The van der Waals surface area contributed by atoms with Crippen LogP contribution in [0.15, 0.2) is 36.5 Å². The fourth-order valence-corrected chi connectivity index (χ4v) is 5.62. The van der Waals surface area contributed by atoms with Crippen molar-refractivity contribution in [3.63, 3.8) is 0 Å². The molecule has 13 nitrogen and oxygen atoms in total. The number of imidazole rings is 1. The normalized spacial score (nSPS) is 17.7. The van der Waals surface area contributed by atoms with E-state index in [0.717, 1.165) is 12.8 Å². The summed E-state index contributed by atoms with van der Waals surface area (Å²) >= 11 is 0. The summed E-state index contributed by atoms with van der Waals surface area (Å²) in [5.74, 6) is 0.344. The zero-order chi connectivity index (χ0) is 29.9. The van der Waals surface area contributed by atoms with Crippen LogP contribution in [0.5, 0.6) is 0 Å². The second kappa shape index (κ2) is 12.4. The number of H-pyrrole nitrogens is 1. The van der Waals surface area contributed by atoms with Gasteiger partial charge in [0.2, 0.25) is 11.9 Å². The number of hydrogen-bond acceptors (Lipinski definition) is 10. The number of aromatic amines is 1. The molecule has 7 N–H and O–H groups in total. The number of anilines is 3. The maximum atomic E-state index is 14.2. The summed E-state index contributed by atoms with van der Waals surface area (Å²) in [4.78, 5) is 44.7. The van der Waals surface area contributed by atoms with Crippen molar-refractivity contribution in [1.29, 1.82) is 0 Å². The minimum Gasteiger partial charge on any atom is -0.368 e. The number of carbonyl (C=O) groups excluding carboxylic acids is 2. The molecule has 224 valence electrons. The van der Waals surface area contributed by atoms with E-state index in [1.165, 1.54) is 17.1 Å². The van der Waals surface area contributed by atoms with Gasteiger partial charge in [0.25, 0.3) is 0 Å². The molecule has 2 aliphatic rings. The van der Waals surface area contributed by atoms with Gasteiger partial charge in [-0.25, -0.2) is 24.4 Å². The number of primary amides is 1. The first kappa shape index (κ1) is 29.4. The van der Waals surface area contributed by atoms with Gasteiger partial charge in [0.1, 0.15) is 17.2 Å². The van der Waals surface area contributed by atoms with Crippen LogP contribution < -0.4 is 32.0 Å². The molecule has 5 rings (SSSR count). The molecule has 14 heteroatoms. The van der Waals surface area contributed by atoms with Crippen molar-refractivity contribution < 1.29 is 14.0 Å². The quantitative estimate of drug-likeness (QED) is 0.249. The van der Waals surface area contributed by atoms with Crippen molar-refractivity contribution in [3.8, 4) is 11.4 Å². The van der Waals surface area contributed by atoms with Crippen LogP contribution >= 0.6 is 0 Å². The molecular weight excluding hydrogens is 541 g/mol. The Morgan fingerprint density at radius 2 is 1.88 bits per heavy atom. The first-order valence-corrected chi connectivity index (χ1v) is 14.2. The van der Waals surface area contributed by atoms with Gasteiger partial charge in [-0.1, -0.05) is 6.07 Å². The minimum absolute atomic E-state index is 0.0969. The zero-order valence-corrected chi connectivity index (χ0v) is 23.9. The number of rotatable bonds is 9. The molecule has 2 saturated heterocycles. The summed E-state index contributed by atoms with van der Waals surface area (Å²) in [7, 11) is 3.47. The molecular formula is C28H38FN11O2. The highest BCUT2D eigenvalue weighted by molar-refractivity contribution is 6.03. The Balaban J connectivity index is 1.41. The molecule has 0 bridgehead atoms. The van der Waals surface area contributed by atoms with Gasteiger partial charge in [0.15, 0.2) is 5.82 Å². The van der Waals surface area contributed by atoms with E-state index in [1.807, 2.05) is 11.1 Å². The largest absolute Gasteiger partial charge is 0.368 e. The minimum atomic E-state index is -0.746. The standard InChI is InChI=1S/C28H38FN11O2/c1-32-27-36-21(15-23(37-27)38-12-8-28(33-2,9-13-38)26(31)42)22-17-34-24(35-22)25(41)40(20-5-3-4-19(29)14-20)39-10-6-18(16-30)7-11-39/h3-5,14-15,17-18,33H,6-13,16,30H2,1-2H3,(H2,31,42)(H,34,35)(H,32,36,37). The molecule has 1 aromatic carbocycles. The molecule has 0 spiro atoms. The van der Waals surface area contributed by atoms with Crippen molar-refractivity contribution in [2.45, 2.75) is 31.2 Å². The van der Waals surface area contributed by atoms with E-state index in [4.69, 9.17) is 11.5 Å². The lowest BCUT2D eigenvalue weighted by molar-refractivity contribution is -0.125. The van der Waals surface area contributed by atoms with Crippen molar-refractivity contribution in [2.75, 3.05) is 62.0 Å². The highest BCUT2D eigenvalue weighted by Gasteiger charge is 2.39. The first-order chi connectivity index (χ1) is 20.3. The van der Waals surface area contributed by atoms with Crippen LogP contribution in [0.1, 0.15) is 36.3 Å². The zero-order valence-electron chi connectivity index (χ0n) is 23.9. The number of halogens is 1. The van der Waals surface area contributed by atoms with Crippen molar-refractivity contribution in [3.05, 3.63) is 48.2 Å². The van der Waals surface area contributed by atoms with Gasteiger partial charge in [0.05, 0.1) is 23.3 Å². The molecule has 0 atom stereocenters. The molecule has 0 saturated carbocycles. The molecule has 0 aliphatic carbocycles. The first-order valence-electron chi connectivity index (χ1n) is 14.2. The summed E-state index contributed by atoms with van der Waals surface area (Å²) < 4.78 is 14.2. The van der Waals surface area contributed by atoms with Gasteiger partial charge in [-0.3, -0.25) is 9.59 Å². The van der Waals surface area contributed by atoms with Crippen LogP contribution in [0.3, 0.4) is 0 Å². The Hall–Kier alpha value is -4.14. The van der Waals surface area contributed by atoms with Gasteiger partial charge in [-0.05, 0) is 63.4 Å². The Morgan fingerprint density at radius 1 is 1.14 bits per heavy atom. The van der Waals surface area contributed by atoms with Crippen LogP contribution in [0, 0.1) is 11.7 Å². The topological polar surface area (TPSA) is 174 Å². The van der Waals surface area contributed by atoms with Gasteiger partial charge >= 0.3 is 5.91 Å². The number of hydrazine groups is 1. The van der Waals surface area contributed by atoms with E-state index in [2.05, 4.69) is 35.5 Å². The number of nitrogens with zero attached hydrogens (tertiary/aromatic N) is 6. The average molecular weight is 580 g/mol. The van der Waals surface area contributed by atoms with E-state index >= 15 is 0 Å². The molecule has 2 aromatic heterocycles. The Bertz CT molecular complexity index is 1410. The van der Waals surface area contributed by atoms with E-state index in [-0.39, 0.29) is 11.7 Å². The molecule has 0 unspecified atom stereocenters. The van der Waals surface area contributed by atoms with E-state index < -0.39 is 17.3 Å². The fourth-order valence-electron chi connectivity index (χ4n) is 5.62. The third kappa shape index (κ3) is 5.91. The Labute approximate surface area is 243 Å². The fraction of sp³-hybridized carbons (Fsp3) is 0.464. The molecule has 2 amide bonds. The van der Waals surface area contributed by atoms with Gasteiger partial charge in [-0.2, -0.15) is 4.98 Å². The van der Waals surface area contributed by atoms with Crippen LogP contribution in [-0.2, 0) is 4.79 Å². The van der Waals surface area contributed by atoms with Gasteiger partial charge < -0.3 is 32.0 Å². The van der Waals surface area contributed by atoms with Crippen LogP contribution in [0.25, 0.3) is 11.4 Å². The summed E-state index contributed by atoms with van der Waals surface area (Å²) in [6, 6.07) is 7.79. The molecule has 42 heavy (non-hydrogen) atoms. The second-order valence-electron chi connectivity index (χ2n) is 10.7. The Morgan fingerprint density at radius 3 is 2.50 bits per heavy atom. The predicted molar refractivity (Wildman–Crippen MR) is 158 cm³/mol. The maximum absolute atomic E-state index is 14.2. The molecule has 0 radical (unpaired) electrons. The van der Waals surface area contributed by atoms with Crippen LogP contribution in [0.4, 0.5) is 21.8 Å². The number of benzene rings is 1. The van der Waals surface area contributed by atoms with Crippen molar-refractivity contribution >= 4 is 29.3 Å². The lowest BCUT2D eigenvalue weighted by atomic mass is 9.87. The van der Waals surface area contributed by atoms with Gasteiger partial charge in [0, 0.05) is 39.3 Å². The highest BCUT2D eigenvalue weighted by atomic mass is 19.1. The number of piperidine rings is 2. The SMILES string of the molecule is CNc1nc(-c2cnc(C(=O)N(c3cccc(F)c3)N3CCC(CN)CC3)[nH]2)cc(N2CCC(NC)(C(N)=O)CC2)n1. The maximum Gasteiger partial charge on any atom is 0.308 e. The smallest absolute Gasteiger partial charge is 0.308 e. The number of amides is 2. The monoisotopic (exact) mass is 579 g/mol. The van der Waals surface area contributed by atoms with E-state index in [0.29, 0.717) is 80.3 Å². The molecule has 3 aromatic rings. The summed E-state index contributed by atoms with van der Waals surface area (Å²) in [6.07, 6.45) is 4.29.